The molecular weight excluding hydrogens is 340 g/mol. The van der Waals surface area contributed by atoms with Gasteiger partial charge < -0.3 is 25.6 Å². The third kappa shape index (κ3) is 7.00. The molecule has 1 aromatic rings. The number of carbonyl (C=O) groups excluding carboxylic acids is 2. The van der Waals surface area contributed by atoms with Crippen LogP contribution in [0, 0.1) is 0 Å². The number of nitrogens with one attached hydrogen (secondary N) is 2. The second kappa shape index (κ2) is 8.07. The molecule has 2 amide bonds. The van der Waals surface area contributed by atoms with Gasteiger partial charge in [0.2, 0.25) is 5.91 Å². The maximum atomic E-state index is 12.4. The molecule has 26 heavy (non-hydrogen) atoms. The number of alkyl carbamates (subject to hydrolysis) is 1. The second-order valence-corrected chi connectivity index (χ2v) is 7.49. The minimum atomic E-state index is -1.37. The molecular formula is C18H26N2O6. The van der Waals surface area contributed by atoms with E-state index in [1.165, 1.54) is 26.0 Å². The minimum absolute atomic E-state index is 0.0316. The zero-order valence-corrected chi connectivity index (χ0v) is 15.6. The normalized spacial score (nSPS) is 12.8. The molecule has 0 saturated heterocycles. The Morgan fingerprint density at radius 2 is 1.62 bits per heavy atom. The molecule has 0 saturated carbocycles. The lowest BCUT2D eigenvalue weighted by molar-refractivity contribution is -0.142. The molecule has 8 nitrogen and oxygen atoms in total. The molecule has 0 spiro atoms. The number of carboxylic acids is 1. The lowest BCUT2D eigenvalue weighted by Crippen LogP contribution is -2.58. The number of hydrogen-bond donors (Lipinski definition) is 4. The summed E-state index contributed by atoms with van der Waals surface area (Å²) in [6.07, 6.45) is -0.743. The van der Waals surface area contributed by atoms with Crippen LogP contribution in [0.4, 0.5) is 4.79 Å². The Balaban J connectivity index is 2.77. The van der Waals surface area contributed by atoms with E-state index in [2.05, 4.69) is 10.6 Å². The van der Waals surface area contributed by atoms with E-state index >= 15 is 0 Å². The van der Waals surface area contributed by atoms with Gasteiger partial charge in [-0.15, -0.1) is 0 Å². The van der Waals surface area contributed by atoms with Gasteiger partial charge in [-0.05, 0) is 52.3 Å². The van der Waals surface area contributed by atoms with Crippen molar-refractivity contribution >= 4 is 18.0 Å². The molecule has 0 bridgehead atoms. The second-order valence-electron chi connectivity index (χ2n) is 7.49. The zero-order valence-electron chi connectivity index (χ0n) is 15.6. The summed E-state index contributed by atoms with van der Waals surface area (Å²) in [4.78, 5) is 35.8. The molecule has 1 atom stereocenters. The number of carbonyl (C=O) groups is 3. The highest BCUT2D eigenvalue weighted by Crippen LogP contribution is 2.13. The van der Waals surface area contributed by atoms with Gasteiger partial charge in [0.1, 0.15) is 22.9 Å². The average molecular weight is 366 g/mol. The maximum Gasteiger partial charge on any atom is 0.408 e. The first-order chi connectivity index (χ1) is 11.8. The molecule has 0 fully saturated rings. The first kappa shape index (κ1) is 21.3. The molecule has 0 aliphatic carbocycles. The number of benzene rings is 1. The van der Waals surface area contributed by atoms with E-state index < -0.39 is 35.2 Å². The van der Waals surface area contributed by atoms with Gasteiger partial charge in [-0.1, -0.05) is 12.1 Å². The van der Waals surface area contributed by atoms with E-state index in [1.54, 1.807) is 32.9 Å². The third-order valence-electron chi connectivity index (χ3n) is 3.36. The van der Waals surface area contributed by atoms with E-state index in [4.69, 9.17) is 4.74 Å². The van der Waals surface area contributed by atoms with Crippen LogP contribution >= 0.6 is 0 Å². The molecule has 8 heteroatoms. The van der Waals surface area contributed by atoms with E-state index in [0.717, 1.165) is 0 Å². The van der Waals surface area contributed by atoms with Crippen molar-refractivity contribution in [2.75, 3.05) is 0 Å². The number of aliphatic carboxylic acids is 1. The standard InChI is InChI=1S/C18H26N2O6/c1-17(2,3)26-16(25)20-18(4,5)15(24)19-13(14(22)23)10-11-6-8-12(21)9-7-11/h6-9,13,21H,10H2,1-5H3,(H,19,24)(H,20,25)(H,22,23)/t13-/m0/s1. The van der Waals surface area contributed by atoms with Crippen LogP contribution in [0.1, 0.15) is 40.2 Å². The predicted molar refractivity (Wildman–Crippen MR) is 94.8 cm³/mol. The SMILES string of the molecule is CC(C)(C)OC(=O)NC(C)(C)C(=O)N[C@@H](Cc1ccc(O)cc1)C(=O)O. The van der Waals surface area contributed by atoms with E-state index in [0.29, 0.717) is 5.56 Å². The first-order valence-corrected chi connectivity index (χ1v) is 8.13. The fourth-order valence-corrected chi connectivity index (χ4v) is 2.02. The lowest BCUT2D eigenvalue weighted by Gasteiger charge is -2.29. The zero-order chi connectivity index (χ0) is 20.1. The highest BCUT2D eigenvalue weighted by molar-refractivity contribution is 5.92. The summed E-state index contributed by atoms with van der Waals surface area (Å²) < 4.78 is 5.11. The molecule has 144 valence electrons. The molecule has 0 unspecified atom stereocenters. The fourth-order valence-electron chi connectivity index (χ4n) is 2.02. The Hall–Kier alpha value is -2.77. The Labute approximate surface area is 152 Å². The van der Waals surface area contributed by atoms with Crippen molar-refractivity contribution in [3.8, 4) is 5.75 Å². The van der Waals surface area contributed by atoms with Gasteiger partial charge in [0.15, 0.2) is 0 Å². The molecule has 0 aliphatic rings. The molecule has 4 N–H and O–H groups in total. The average Bonchev–Trinajstić information content (AvgIpc) is 2.45. The number of amides is 2. The van der Waals surface area contributed by atoms with Crippen molar-refractivity contribution in [2.45, 2.75) is 58.2 Å². The third-order valence-corrected chi connectivity index (χ3v) is 3.36. The summed E-state index contributed by atoms with van der Waals surface area (Å²) in [7, 11) is 0. The summed E-state index contributed by atoms with van der Waals surface area (Å²) in [5, 5.41) is 23.5. The number of ether oxygens (including phenoxy) is 1. The van der Waals surface area contributed by atoms with Crippen molar-refractivity contribution in [1.82, 2.24) is 10.6 Å². The van der Waals surface area contributed by atoms with Gasteiger partial charge >= 0.3 is 12.1 Å². The van der Waals surface area contributed by atoms with Crippen molar-refractivity contribution in [2.24, 2.45) is 0 Å². The van der Waals surface area contributed by atoms with Gasteiger partial charge in [0, 0.05) is 6.42 Å². The quantitative estimate of drug-likeness (QED) is 0.608. The number of phenols is 1. The molecule has 1 rings (SSSR count). The van der Waals surface area contributed by atoms with E-state index in [9.17, 15) is 24.6 Å². The molecule has 0 heterocycles. The topological polar surface area (TPSA) is 125 Å². The van der Waals surface area contributed by atoms with Crippen LogP contribution in [0.2, 0.25) is 0 Å². The van der Waals surface area contributed by atoms with Crippen LogP contribution in [0.25, 0.3) is 0 Å². The summed E-state index contributed by atoms with van der Waals surface area (Å²) in [5.74, 6) is -1.80. The Morgan fingerprint density at radius 1 is 1.08 bits per heavy atom. The summed E-state index contributed by atoms with van der Waals surface area (Å²) >= 11 is 0. The van der Waals surface area contributed by atoms with Gasteiger partial charge in [0.05, 0.1) is 0 Å². The monoisotopic (exact) mass is 366 g/mol. The molecule has 0 radical (unpaired) electrons. The fraction of sp³-hybridized carbons (Fsp3) is 0.500. The number of rotatable bonds is 6. The van der Waals surface area contributed by atoms with Crippen molar-refractivity contribution in [1.29, 1.82) is 0 Å². The van der Waals surface area contributed by atoms with Gasteiger partial charge in [-0.3, -0.25) is 4.79 Å². The smallest absolute Gasteiger partial charge is 0.408 e. The minimum Gasteiger partial charge on any atom is -0.508 e. The van der Waals surface area contributed by atoms with Crippen LogP contribution in [0.15, 0.2) is 24.3 Å². The maximum absolute atomic E-state index is 12.4. The summed E-state index contributed by atoms with van der Waals surface area (Å²) in [6, 6.07) is 4.82. The molecule has 0 aromatic heterocycles. The Bertz CT molecular complexity index is 661. The molecule has 0 aliphatic heterocycles. The van der Waals surface area contributed by atoms with Crippen molar-refractivity contribution in [3.05, 3.63) is 29.8 Å². The number of hydrogen-bond acceptors (Lipinski definition) is 5. The summed E-state index contributed by atoms with van der Waals surface area (Å²) in [5.41, 5.74) is -1.46. The molecule has 1 aromatic carbocycles. The van der Waals surface area contributed by atoms with Gasteiger partial charge in [-0.2, -0.15) is 0 Å². The van der Waals surface area contributed by atoms with E-state index in [1.807, 2.05) is 0 Å². The van der Waals surface area contributed by atoms with Gasteiger partial charge in [0.25, 0.3) is 0 Å². The predicted octanol–water partition coefficient (Wildman–Crippen LogP) is 1.81. The lowest BCUT2D eigenvalue weighted by atomic mass is 10.0. The number of carboxylic acid groups (broad SMARTS) is 1. The van der Waals surface area contributed by atoms with Crippen LogP contribution in [-0.4, -0.2) is 45.4 Å². The van der Waals surface area contributed by atoms with Crippen LogP contribution in [0.3, 0.4) is 0 Å². The van der Waals surface area contributed by atoms with E-state index in [-0.39, 0.29) is 12.2 Å². The van der Waals surface area contributed by atoms with Crippen LogP contribution < -0.4 is 10.6 Å². The van der Waals surface area contributed by atoms with Crippen molar-refractivity contribution < 1.29 is 29.3 Å². The Kier molecular flexibility index (Phi) is 6.60. The first-order valence-electron chi connectivity index (χ1n) is 8.13. The van der Waals surface area contributed by atoms with Crippen LogP contribution in [-0.2, 0) is 20.7 Å². The van der Waals surface area contributed by atoms with Crippen LogP contribution in [0.5, 0.6) is 5.75 Å². The highest BCUT2D eigenvalue weighted by Gasteiger charge is 2.34. The highest BCUT2D eigenvalue weighted by atomic mass is 16.6. The number of aromatic hydroxyl groups is 1. The summed E-state index contributed by atoms with van der Waals surface area (Å²) in [6.45, 7) is 7.98. The Morgan fingerprint density at radius 3 is 2.08 bits per heavy atom. The van der Waals surface area contributed by atoms with Gasteiger partial charge in [-0.25, -0.2) is 9.59 Å². The number of phenolic OH excluding ortho intramolecular Hbond substituents is 1. The largest absolute Gasteiger partial charge is 0.508 e. The van der Waals surface area contributed by atoms with Crippen molar-refractivity contribution in [3.63, 3.8) is 0 Å².